The van der Waals surface area contributed by atoms with Crippen LogP contribution in [0.1, 0.15) is 48.9 Å². The van der Waals surface area contributed by atoms with Crippen molar-refractivity contribution >= 4 is 30.7 Å². The quantitative estimate of drug-likeness (QED) is 0.780. The number of rotatable bonds is 6. The SMILES string of the molecule is Cc1c(C(=O)NCCN(C)C(C)C)nnn1C1CCNCC1.Cl.Cl. The Hall–Kier alpha value is -0.890. The smallest absolute Gasteiger partial charge is 0.273 e. The average Bonchev–Trinajstić information content (AvgIpc) is 2.89. The molecule has 1 aliphatic heterocycles. The fraction of sp³-hybridized carbons (Fsp3) is 0.800. The van der Waals surface area contributed by atoms with Crippen LogP contribution in [0.4, 0.5) is 0 Å². The highest BCUT2D eigenvalue weighted by Gasteiger charge is 2.22. The Bertz CT molecular complexity index is 502. The number of aromatic nitrogens is 3. The molecule has 0 saturated carbocycles. The van der Waals surface area contributed by atoms with Gasteiger partial charge in [0.25, 0.3) is 5.91 Å². The van der Waals surface area contributed by atoms with Crippen molar-refractivity contribution in [2.75, 3.05) is 33.2 Å². The molecule has 1 aromatic rings. The summed E-state index contributed by atoms with van der Waals surface area (Å²) in [5.41, 5.74) is 1.31. The summed E-state index contributed by atoms with van der Waals surface area (Å²) < 4.78 is 1.91. The minimum Gasteiger partial charge on any atom is -0.349 e. The number of hydrogen-bond donors (Lipinski definition) is 2. The molecule has 7 nitrogen and oxygen atoms in total. The van der Waals surface area contributed by atoms with Crippen LogP contribution < -0.4 is 10.6 Å². The molecule has 0 aromatic carbocycles. The van der Waals surface area contributed by atoms with Gasteiger partial charge in [0.2, 0.25) is 0 Å². The first-order chi connectivity index (χ1) is 10.5. The van der Waals surface area contributed by atoms with Gasteiger partial charge in [0.1, 0.15) is 0 Å². The summed E-state index contributed by atoms with van der Waals surface area (Å²) >= 11 is 0. The van der Waals surface area contributed by atoms with Crippen molar-refractivity contribution in [1.82, 2.24) is 30.5 Å². The number of hydrogen-bond acceptors (Lipinski definition) is 5. The monoisotopic (exact) mass is 380 g/mol. The average molecular weight is 381 g/mol. The van der Waals surface area contributed by atoms with Crippen LogP contribution in [0.15, 0.2) is 0 Å². The number of piperidine rings is 1. The summed E-state index contributed by atoms with van der Waals surface area (Å²) in [4.78, 5) is 14.4. The molecule has 2 N–H and O–H groups in total. The van der Waals surface area contributed by atoms with Gasteiger partial charge in [-0.15, -0.1) is 29.9 Å². The molecule has 1 fully saturated rings. The highest BCUT2D eigenvalue weighted by Crippen LogP contribution is 2.20. The number of carbonyl (C=O) groups excluding carboxylic acids is 1. The molecule has 1 aliphatic rings. The third kappa shape index (κ3) is 5.88. The number of amides is 1. The van der Waals surface area contributed by atoms with Crippen molar-refractivity contribution in [3.05, 3.63) is 11.4 Å². The number of nitrogens with zero attached hydrogens (tertiary/aromatic N) is 4. The zero-order valence-electron chi connectivity index (χ0n) is 14.9. The van der Waals surface area contributed by atoms with Crippen LogP contribution in [-0.2, 0) is 0 Å². The Kier molecular flexibility index (Phi) is 10.5. The Morgan fingerprint density at radius 2 is 2.00 bits per heavy atom. The topological polar surface area (TPSA) is 75.1 Å². The van der Waals surface area contributed by atoms with Crippen LogP contribution in [-0.4, -0.2) is 65.1 Å². The van der Waals surface area contributed by atoms with E-state index in [0.717, 1.165) is 38.2 Å². The van der Waals surface area contributed by atoms with Crippen LogP contribution in [0.3, 0.4) is 0 Å². The molecule has 9 heteroatoms. The standard InChI is InChI=1S/C15H28N6O.2ClH/c1-11(2)20(4)10-9-17-15(22)14-12(3)21(19-18-14)13-5-7-16-8-6-13;;/h11,13,16H,5-10H2,1-4H3,(H,17,22);2*1H. The molecular weight excluding hydrogens is 351 g/mol. The normalized spacial score (nSPS) is 15.1. The number of carbonyl (C=O) groups is 1. The Balaban J connectivity index is 0.00000264. The van der Waals surface area contributed by atoms with Crippen LogP contribution in [0, 0.1) is 6.92 Å². The minimum atomic E-state index is -0.130. The van der Waals surface area contributed by atoms with Gasteiger partial charge in [-0.1, -0.05) is 5.21 Å². The van der Waals surface area contributed by atoms with Gasteiger partial charge in [0.05, 0.1) is 11.7 Å². The lowest BCUT2D eigenvalue weighted by atomic mass is 10.1. The van der Waals surface area contributed by atoms with Crippen LogP contribution in [0.25, 0.3) is 0 Å². The second-order valence-electron chi connectivity index (χ2n) is 6.28. The van der Waals surface area contributed by atoms with Gasteiger partial charge in [-0.3, -0.25) is 4.79 Å². The van der Waals surface area contributed by atoms with Gasteiger partial charge in [-0.2, -0.15) is 0 Å². The number of likely N-dealkylation sites (N-methyl/N-ethyl adjacent to an activating group) is 1. The zero-order valence-corrected chi connectivity index (χ0v) is 16.5. The van der Waals surface area contributed by atoms with E-state index in [1.807, 2.05) is 11.6 Å². The lowest BCUT2D eigenvalue weighted by Gasteiger charge is -2.23. The van der Waals surface area contributed by atoms with E-state index in [1.54, 1.807) is 0 Å². The summed E-state index contributed by atoms with van der Waals surface area (Å²) in [6.07, 6.45) is 2.06. The lowest BCUT2D eigenvalue weighted by Crippen LogP contribution is -2.36. The van der Waals surface area contributed by atoms with E-state index in [0.29, 0.717) is 24.3 Å². The molecule has 2 heterocycles. The van der Waals surface area contributed by atoms with Crippen molar-refractivity contribution in [3.8, 4) is 0 Å². The second-order valence-corrected chi connectivity index (χ2v) is 6.28. The molecule has 1 amide bonds. The van der Waals surface area contributed by atoms with E-state index in [1.165, 1.54) is 0 Å². The Morgan fingerprint density at radius 1 is 1.38 bits per heavy atom. The van der Waals surface area contributed by atoms with Crippen LogP contribution >= 0.6 is 24.8 Å². The lowest BCUT2D eigenvalue weighted by molar-refractivity contribution is 0.0942. The van der Waals surface area contributed by atoms with Gasteiger partial charge in [0, 0.05) is 19.1 Å². The molecule has 1 aromatic heterocycles. The molecule has 0 spiro atoms. The van der Waals surface area contributed by atoms with Gasteiger partial charge in [0.15, 0.2) is 5.69 Å². The predicted molar refractivity (Wildman–Crippen MR) is 100 cm³/mol. The molecule has 140 valence electrons. The summed E-state index contributed by atoms with van der Waals surface area (Å²) in [7, 11) is 2.05. The fourth-order valence-electron chi connectivity index (χ4n) is 2.64. The van der Waals surface area contributed by atoms with Crippen LogP contribution in [0.2, 0.25) is 0 Å². The van der Waals surface area contributed by atoms with Gasteiger partial charge in [-0.05, 0) is 53.8 Å². The van der Waals surface area contributed by atoms with E-state index in [2.05, 4.69) is 46.7 Å². The second kappa shape index (κ2) is 10.9. The first kappa shape index (κ1) is 23.1. The summed E-state index contributed by atoms with van der Waals surface area (Å²) in [5, 5.41) is 14.6. The largest absolute Gasteiger partial charge is 0.349 e. The van der Waals surface area contributed by atoms with Crippen LogP contribution in [0.5, 0.6) is 0 Å². The highest BCUT2D eigenvalue weighted by molar-refractivity contribution is 5.93. The Labute approximate surface area is 156 Å². The van der Waals surface area contributed by atoms with Crippen molar-refractivity contribution in [1.29, 1.82) is 0 Å². The molecule has 0 unspecified atom stereocenters. The molecule has 24 heavy (non-hydrogen) atoms. The van der Waals surface area contributed by atoms with Crippen molar-refractivity contribution in [3.63, 3.8) is 0 Å². The molecule has 0 aliphatic carbocycles. The molecule has 1 saturated heterocycles. The van der Waals surface area contributed by atoms with E-state index in [9.17, 15) is 4.79 Å². The van der Waals surface area contributed by atoms with Crippen molar-refractivity contribution in [2.24, 2.45) is 0 Å². The highest BCUT2D eigenvalue weighted by atomic mass is 35.5. The summed E-state index contributed by atoms with van der Waals surface area (Å²) in [6.45, 7) is 9.63. The van der Waals surface area contributed by atoms with E-state index in [4.69, 9.17) is 0 Å². The molecule has 0 atom stereocenters. The summed E-state index contributed by atoms with van der Waals surface area (Å²) in [5.74, 6) is -0.130. The number of nitrogens with one attached hydrogen (secondary N) is 2. The van der Waals surface area contributed by atoms with E-state index >= 15 is 0 Å². The third-order valence-corrected chi connectivity index (χ3v) is 4.43. The van der Waals surface area contributed by atoms with E-state index in [-0.39, 0.29) is 30.7 Å². The predicted octanol–water partition coefficient (Wildman–Crippen LogP) is 1.42. The maximum absolute atomic E-state index is 12.3. The fourth-order valence-corrected chi connectivity index (χ4v) is 2.64. The maximum Gasteiger partial charge on any atom is 0.273 e. The third-order valence-electron chi connectivity index (χ3n) is 4.43. The molecule has 0 bridgehead atoms. The first-order valence-electron chi connectivity index (χ1n) is 8.11. The molecule has 2 rings (SSSR count). The van der Waals surface area contributed by atoms with Gasteiger partial charge in [-0.25, -0.2) is 4.68 Å². The minimum absolute atomic E-state index is 0. The van der Waals surface area contributed by atoms with Gasteiger partial charge >= 0.3 is 0 Å². The Morgan fingerprint density at radius 3 is 2.58 bits per heavy atom. The summed E-state index contributed by atoms with van der Waals surface area (Å²) in [6, 6.07) is 0.821. The molecule has 0 radical (unpaired) electrons. The van der Waals surface area contributed by atoms with Crippen molar-refractivity contribution in [2.45, 2.75) is 45.7 Å². The zero-order chi connectivity index (χ0) is 16.1. The number of halogens is 2. The van der Waals surface area contributed by atoms with Crippen molar-refractivity contribution < 1.29 is 4.79 Å². The first-order valence-corrected chi connectivity index (χ1v) is 8.11. The van der Waals surface area contributed by atoms with Gasteiger partial charge < -0.3 is 15.5 Å². The van der Waals surface area contributed by atoms with E-state index < -0.39 is 0 Å². The maximum atomic E-state index is 12.3. The molecular formula is C15H30Cl2N6O.